The number of sulfonamides is 1. The number of hydrogen-bond donors (Lipinski definition) is 2. The summed E-state index contributed by atoms with van der Waals surface area (Å²) in [6, 6.07) is 17.4. The molecule has 182 valence electrons. The van der Waals surface area contributed by atoms with E-state index in [0.29, 0.717) is 22.9 Å². The van der Waals surface area contributed by atoms with Gasteiger partial charge in [-0.25, -0.2) is 8.42 Å². The molecule has 2 amide bonds. The van der Waals surface area contributed by atoms with Crippen LogP contribution >= 0.6 is 0 Å². The van der Waals surface area contributed by atoms with Crippen molar-refractivity contribution in [2.75, 3.05) is 42.3 Å². The first-order chi connectivity index (χ1) is 16.8. The highest BCUT2D eigenvalue weighted by molar-refractivity contribution is 7.92. The molecule has 0 aromatic heterocycles. The first-order valence-corrected chi connectivity index (χ1v) is 12.0. The molecule has 1 heterocycles. The Morgan fingerprint density at radius 2 is 1.80 bits per heavy atom. The summed E-state index contributed by atoms with van der Waals surface area (Å²) in [4.78, 5) is 26.5. The van der Waals surface area contributed by atoms with Gasteiger partial charge in [-0.1, -0.05) is 18.2 Å². The largest absolute Gasteiger partial charge is 0.497 e. The van der Waals surface area contributed by atoms with E-state index in [1.54, 1.807) is 48.5 Å². The highest BCUT2D eigenvalue weighted by atomic mass is 32.2. The van der Waals surface area contributed by atoms with Gasteiger partial charge in [0.1, 0.15) is 23.8 Å². The van der Waals surface area contributed by atoms with Gasteiger partial charge in [0.05, 0.1) is 30.5 Å². The molecular weight excluding hydrogens is 474 g/mol. The molecule has 0 spiro atoms. The average molecular weight is 498 g/mol. The third-order valence-corrected chi connectivity index (χ3v) is 6.57. The van der Waals surface area contributed by atoms with Crippen molar-refractivity contribution >= 4 is 38.9 Å². The highest BCUT2D eigenvalue weighted by Gasteiger charge is 2.29. The number of methoxy groups -OCH3 is 2. The van der Waals surface area contributed by atoms with E-state index in [0.717, 1.165) is 0 Å². The number of benzene rings is 3. The predicted octanol–water partition coefficient (Wildman–Crippen LogP) is 2.87. The topological polar surface area (TPSA) is 123 Å². The van der Waals surface area contributed by atoms with Crippen LogP contribution < -0.4 is 29.1 Å². The summed E-state index contributed by atoms with van der Waals surface area (Å²) in [5, 5.41) is 2.70. The summed E-state index contributed by atoms with van der Waals surface area (Å²) in [5.41, 5.74) is 0.957. The summed E-state index contributed by atoms with van der Waals surface area (Å²) in [5.74, 6) is 0.227. The van der Waals surface area contributed by atoms with Crippen molar-refractivity contribution in [3.63, 3.8) is 0 Å². The summed E-state index contributed by atoms with van der Waals surface area (Å²) >= 11 is 0. The maximum atomic E-state index is 12.9. The fourth-order valence-electron chi connectivity index (χ4n) is 3.48. The maximum Gasteiger partial charge on any atom is 0.265 e. The summed E-state index contributed by atoms with van der Waals surface area (Å²) in [6.07, 6.45) is 0. The second-order valence-corrected chi connectivity index (χ2v) is 9.17. The van der Waals surface area contributed by atoms with Gasteiger partial charge in [-0.2, -0.15) is 0 Å². The molecule has 4 rings (SSSR count). The van der Waals surface area contributed by atoms with Crippen molar-refractivity contribution in [3.05, 3.63) is 66.7 Å². The number of carbonyl (C=O) groups excluding carboxylic acids is 2. The highest BCUT2D eigenvalue weighted by Crippen LogP contribution is 2.35. The minimum absolute atomic E-state index is 0.0827. The van der Waals surface area contributed by atoms with Crippen LogP contribution in [0.5, 0.6) is 17.2 Å². The Morgan fingerprint density at radius 3 is 2.51 bits per heavy atom. The van der Waals surface area contributed by atoms with Crippen molar-refractivity contribution in [3.8, 4) is 17.2 Å². The molecule has 2 N–H and O–H groups in total. The third-order valence-electron chi connectivity index (χ3n) is 5.19. The molecule has 35 heavy (non-hydrogen) atoms. The fraction of sp³-hybridized carbons (Fsp3) is 0.167. The molecule has 0 fully saturated rings. The number of nitrogens with one attached hydrogen (secondary N) is 2. The van der Waals surface area contributed by atoms with Crippen molar-refractivity contribution in [1.29, 1.82) is 0 Å². The predicted molar refractivity (Wildman–Crippen MR) is 130 cm³/mol. The van der Waals surface area contributed by atoms with E-state index < -0.39 is 21.8 Å². The number of para-hydroxylation sites is 1. The second-order valence-electron chi connectivity index (χ2n) is 7.48. The molecule has 0 radical (unpaired) electrons. The van der Waals surface area contributed by atoms with Gasteiger partial charge in [-0.05, 0) is 42.5 Å². The lowest BCUT2D eigenvalue weighted by atomic mass is 10.2. The van der Waals surface area contributed by atoms with E-state index in [1.165, 1.54) is 37.3 Å². The normalized spacial score (nSPS) is 12.9. The van der Waals surface area contributed by atoms with Crippen LogP contribution in [-0.4, -0.2) is 47.6 Å². The lowest BCUT2D eigenvalue weighted by Crippen LogP contribution is -2.43. The van der Waals surface area contributed by atoms with Crippen LogP contribution in [-0.2, 0) is 19.6 Å². The molecule has 0 saturated carbocycles. The van der Waals surface area contributed by atoms with Gasteiger partial charge in [0, 0.05) is 11.8 Å². The van der Waals surface area contributed by atoms with Gasteiger partial charge in [-0.15, -0.1) is 0 Å². The SMILES string of the molecule is COc1ccc(NC(=O)CN2C(=O)COc3ccc(S(=O)(=O)Nc4ccccc4)cc32)c(OC)c1. The molecule has 0 saturated heterocycles. The lowest BCUT2D eigenvalue weighted by molar-refractivity contribution is -0.123. The maximum absolute atomic E-state index is 12.9. The summed E-state index contributed by atoms with van der Waals surface area (Å²) in [6.45, 7) is -0.638. The molecule has 11 heteroatoms. The van der Waals surface area contributed by atoms with E-state index in [9.17, 15) is 18.0 Å². The standard InChI is InChI=1S/C24H23N3O7S/c1-32-17-8-10-19(22(12-17)33-2)25-23(28)14-27-20-13-18(9-11-21(20)34-15-24(27)29)35(30,31)26-16-6-4-3-5-7-16/h3-13,26H,14-15H2,1-2H3,(H,25,28). The Morgan fingerprint density at radius 1 is 1.03 bits per heavy atom. The van der Waals surface area contributed by atoms with Crippen LogP contribution in [0.15, 0.2) is 71.6 Å². The molecule has 3 aromatic carbocycles. The number of rotatable bonds is 8. The van der Waals surface area contributed by atoms with Crippen molar-refractivity contribution < 1.29 is 32.2 Å². The van der Waals surface area contributed by atoms with Gasteiger partial charge in [0.25, 0.3) is 15.9 Å². The summed E-state index contributed by atoms with van der Waals surface area (Å²) in [7, 11) is -0.985. The molecule has 0 aliphatic carbocycles. The second kappa shape index (κ2) is 9.94. The molecule has 10 nitrogen and oxygen atoms in total. The number of carbonyl (C=O) groups is 2. The fourth-order valence-corrected chi connectivity index (χ4v) is 4.56. The van der Waals surface area contributed by atoms with Crippen molar-refractivity contribution in [2.45, 2.75) is 4.90 Å². The Labute approximate surface area is 202 Å². The number of ether oxygens (including phenoxy) is 3. The molecular formula is C24H23N3O7S. The van der Waals surface area contributed by atoms with Gasteiger partial charge >= 0.3 is 0 Å². The zero-order chi connectivity index (χ0) is 25.0. The number of hydrogen-bond acceptors (Lipinski definition) is 7. The van der Waals surface area contributed by atoms with Crippen molar-refractivity contribution in [1.82, 2.24) is 0 Å². The van der Waals surface area contributed by atoms with E-state index in [1.807, 2.05) is 0 Å². The van der Waals surface area contributed by atoms with Gasteiger partial charge in [-0.3, -0.25) is 19.2 Å². The quantitative estimate of drug-likeness (QED) is 0.491. The van der Waals surface area contributed by atoms with Gasteiger partial charge < -0.3 is 19.5 Å². The van der Waals surface area contributed by atoms with E-state index in [2.05, 4.69) is 10.0 Å². The van der Waals surface area contributed by atoms with Crippen LogP contribution in [0, 0.1) is 0 Å². The van der Waals surface area contributed by atoms with Gasteiger partial charge in [0.15, 0.2) is 6.61 Å². The lowest BCUT2D eigenvalue weighted by Gasteiger charge is -2.29. The Hall–Kier alpha value is -4.25. The first-order valence-electron chi connectivity index (χ1n) is 10.5. The van der Waals surface area contributed by atoms with E-state index in [4.69, 9.17) is 14.2 Å². The molecule has 3 aromatic rings. The number of nitrogens with zero attached hydrogens (tertiary/aromatic N) is 1. The zero-order valence-electron chi connectivity index (χ0n) is 19.0. The number of anilines is 3. The average Bonchev–Trinajstić information content (AvgIpc) is 2.86. The Kier molecular flexibility index (Phi) is 6.78. The molecule has 0 unspecified atom stereocenters. The van der Waals surface area contributed by atoms with Crippen molar-refractivity contribution in [2.24, 2.45) is 0 Å². The minimum Gasteiger partial charge on any atom is -0.497 e. The molecule has 0 atom stereocenters. The van der Waals surface area contributed by atoms with Crippen LogP contribution in [0.25, 0.3) is 0 Å². The Bertz CT molecular complexity index is 1360. The zero-order valence-corrected chi connectivity index (χ0v) is 19.8. The number of fused-ring (bicyclic) bond motifs is 1. The number of amides is 2. The molecule has 1 aliphatic rings. The van der Waals surface area contributed by atoms with E-state index >= 15 is 0 Å². The van der Waals surface area contributed by atoms with Crippen LogP contribution in [0.3, 0.4) is 0 Å². The summed E-state index contributed by atoms with van der Waals surface area (Å²) < 4.78 is 44.2. The van der Waals surface area contributed by atoms with Crippen LogP contribution in [0.2, 0.25) is 0 Å². The first kappa shape index (κ1) is 23.9. The Balaban J connectivity index is 1.58. The molecule has 0 bridgehead atoms. The molecule has 1 aliphatic heterocycles. The van der Waals surface area contributed by atoms with Crippen LogP contribution in [0.1, 0.15) is 0 Å². The van der Waals surface area contributed by atoms with Crippen LogP contribution in [0.4, 0.5) is 17.1 Å². The van der Waals surface area contributed by atoms with E-state index in [-0.39, 0.29) is 29.5 Å². The smallest absolute Gasteiger partial charge is 0.265 e. The minimum atomic E-state index is -3.95. The monoisotopic (exact) mass is 497 g/mol. The third kappa shape index (κ3) is 5.30. The van der Waals surface area contributed by atoms with Gasteiger partial charge in [0.2, 0.25) is 5.91 Å².